The second-order valence-electron chi connectivity index (χ2n) is 13.1. The monoisotopic (exact) mass is 468 g/mol. The highest BCUT2D eigenvalue weighted by Crippen LogP contribution is 2.68. The van der Waals surface area contributed by atoms with Crippen LogP contribution in [0.25, 0.3) is 0 Å². The normalized spacial score (nSPS) is 45.2. The van der Waals surface area contributed by atoms with Gasteiger partial charge in [-0.1, -0.05) is 53.9 Å². The second-order valence-corrected chi connectivity index (χ2v) is 14.2. The molecule has 0 aromatic heterocycles. The summed E-state index contributed by atoms with van der Waals surface area (Å²) in [7, 11) is -4.35. The first-order valence-electron chi connectivity index (χ1n) is 13.6. The van der Waals surface area contributed by atoms with Gasteiger partial charge in [-0.15, -0.1) is 0 Å². The Kier molecular flexibility index (Phi) is 7.14. The molecule has 4 rings (SSSR count). The molecule has 0 saturated heterocycles. The summed E-state index contributed by atoms with van der Waals surface area (Å²) in [4.78, 5) is 0. The summed E-state index contributed by atoms with van der Waals surface area (Å²) in [6.45, 7) is 12.4. The van der Waals surface area contributed by atoms with Crippen molar-refractivity contribution in [2.24, 2.45) is 52.3 Å². The Morgan fingerprint density at radius 1 is 0.906 bits per heavy atom. The van der Waals surface area contributed by atoms with Crippen molar-refractivity contribution in [2.75, 3.05) is 0 Å². The summed E-state index contributed by atoms with van der Waals surface area (Å²) >= 11 is 0. The van der Waals surface area contributed by atoms with E-state index in [1.165, 1.54) is 57.8 Å². The molecule has 0 spiro atoms. The summed E-state index contributed by atoms with van der Waals surface area (Å²) in [6, 6.07) is 0. The predicted molar refractivity (Wildman–Crippen MR) is 129 cm³/mol. The molecule has 4 aliphatic rings. The van der Waals surface area contributed by atoms with E-state index in [1.54, 1.807) is 0 Å². The molecule has 4 aliphatic carbocycles. The number of rotatable bonds is 7. The van der Waals surface area contributed by atoms with Crippen LogP contribution in [0.3, 0.4) is 0 Å². The van der Waals surface area contributed by atoms with Crippen LogP contribution in [0.4, 0.5) is 0 Å². The minimum absolute atomic E-state index is 0.310. The molecule has 0 aromatic carbocycles. The fourth-order valence-electron chi connectivity index (χ4n) is 9.50. The first-order valence-corrected chi connectivity index (χ1v) is 15.0. The minimum atomic E-state index is -4.35. The highest BCUT2D eigenvalue weighted by atomic mass is 32.3. The highest BCUT2D eigenvalue weighted by molar-refractivity contribution is 7.80. The fraction of sp³-hybridized carbons (Fsp3) is 1.00. The second kappa shape index (κ2) is 9.15. The topological polar surface area (TPSA) is 63.6 Å². The van der Waals surface area contributed by atoms with Gasteiger partial charge in [-0.25, -0.2) is 4.18 Å². The first kappa shape index (κ1) is 25.0. The Bertz CT molecular complexity index is 764. The van der Waals surface area contributed by atoms with Crippen LogP contribution in [0.1, 0.15) is 112 Å². The largest absolute Gasteiger partial charge is 0.397 e. The SMILES string of the molecule is CC(C)CCC[C@@H](C)[C@H]1CC[C@H]2[C@@H]3CC[C@H]4CC(OS(=O)(=O)O)CC[C@]4(C)[C@H]3CC[C@]12C. The molecule has 1 N–H and O–H groups in total. The van der Waals surface area contributed by atoms with Gasteiger partial charge >= 0.3 is 10.4 Å². The van der Waals surface area contributed by atoms with Crippen LogP contribution >= 0.6 is 0 Å². The van der Waals surface area contributed by atoms with Gasteiger partial charge in [0.05, 0.1) is 6.10 Å². The highest BCUT2D eigenvalue weighted by Gasteiger charge is 2.60. The number of hydrogen-bond acceptors (Lipinski definition) is 3. The minimum Gasteiger partial charge on any atom is -0.264 e. The van der Waals surface area contributed by atoms with Crippen molar-refractivity contribution < 1.29 is 17.2 Å². The maximum Gasteiger partial charge on any atom is 0.397 e. The molecule has 4 fully saturated rings. The van der Waals surface area contributed by atoms with E-state index >= 15 is 0 Å². The lowest BCUT2D eigenvalue weighted by atomic mass is 9.44. The lowest BCUT2D eigenvalue weighted by Gasteiger charge is -2.61. The average Bonchev–Trinajstić information content (AvgIpc) is 3.04. The fourth-order valence-corrected chi connectivity index (χ4v) is 10.0. The molecule has 0 aromatic rings. The molecule has 32 heavy (non-hydrogen) atoms. The molecule has 186 valence electrons. The van der Waals surface area contributed by atoms with Crippen molar-refractivity contribution >= 4 is 10.4 Å². The van der Waals surface area contributed by atoms with Crippen LogP contribution < -0.4 is 0 Å². The molecule has 5 heteroatoms. The van der Waals surface area contributed by atoms with Crippen LogP contribution in [-0.4, -0.2) is 19.1 Å². The summed E-state index contributed by atoms with van der Waals surface area (Å²) in [6.07, 6.45) is 14.5. The van der Waals surface area contributed by atoms with Crippen molar-refractivity contribution in [3.63, 3.8) is 0 Å². The van der Waals surface area contributed by atoms with Gasteiger partial charge in [0.2, 0.25) is 0 Å². The third kappa shape index (κ3) is 4.69. The van der Waals surface area contributed by atoms with Gasteiger partial charge < -0.3 is 0 Å². The van der Waals surface area contributed by atoms with Gasteiger partial charge in [0.25, 0.3) is 0 Å². The Morgan fingerprint density at radius 3 is 2.28 bits per heavy atom. The van der Waals surface area contributed by atoms with Crippen LogP contribution in [0.2, 0.25) is 0 Å². The van der Waals surface area contributed by atoms with E-state index in [4.69, 9.17) is 8.74 Å². The molecule has 4 saturated carbocycles. The predicted octanol–water partition coefficient (Wildman–Crippen LogP) is 7.30. The van der Waals surface area contributed by atoms with Gasteiger partial charge in [-0.3, -0.25) is 4.55 Å². The maximum atomic E-state index is 11.2. The Labute approximate surface area is 197 Å². The van der Waals surface area contributed by atoms with E-state index in [-0.39, 0.29) is 6.10 Å². The molecule has 1 unspecified atom stereocenters. The standard InChI is InChI=1S/C27H48O4S/c1-18(2)7-6-8-19(3)23-11-12-24-22-10-9-20-17-21(31-32(28,29)30)13-15-26(20,4)25(22)14-16-27(23,24)5/h18-25H,6-17H2,1-5H3,(H,28,29,30)/t19-,20+,21?,22+,23-,24+,25+,26+,27-/m1/s1. The molecular weight excluding hydrogens is 420 g/mol. The molecule has 0 amide bonds. The van der Waals surface area contributed by atoms with Crippen molar-refractivity contribution in [3.8, 4) is 0 Å². The maximum absolute atomic E-state index is 11.2. The summed E-state index contributed by atoms with van der Waals surface area (Å²) in [5.41, 5.74) is 0.831. The van der Waals surface area contributed by atoms with E-state index in [2.05, 4.69) is 34.6 Å². The van der Waals surface area contributed by atoms with Gasteiger partial charge in [0.1, 0.15) is 0 Å². The smallest absolute Gasteiger partial charge is 0.264 e. The quantitative estimate of drug-likeness (QED) is 0.398. The number of hydrogen-bond donors (Lipinski definition) is 1. The molecule has 0 radical (unpaired) electrons. The summed E-state index contributed by atoms with van der Waals surface area (Å²) < 4.78 is 36.6. The lowest BCUT2D eigenvalue weighted by Crippen LogP contribution is -2.54. The average molecular weight is 469 g/mol. The molecule has 0 aliphatic heterocycles. The zero-order valence-electron chi connectivity index (χ0n) is 21.2. The Balaban J connectivity index is 1.43. The number of fused-ring (bicyclic) bond motifs is 5. The molecular formula is C27H48O4S. The van der Waals surface area contributed by atoms with Crippen molar-refractivity contribution in [3.05, 3.63) is 0 Å². The van der Waals surface area contributed by atoms with Crippen LogP contribution in [0.15, 0.2) is 0 Å². The van der Waals surface area contributed by atoms with Crippen molar-refractivity contribution in [2.45, 2.75) is 118 Å². The van der Waals surface area contributed by atoms with E-state index in [1.807, 2.05) is 0 Å². The van der Waals surface area contributed by atoms with Crippen LogP contribution in [0.5, 0.6) is 0 Å². The molecule has 0 bridgehead atoms. The summed E-state index contributed by atoms with van der Waals surface area (Å²) in [5.74, 6) is 5.59. The van der Waals surface area contributed by atoms with Crippen LogP contribution in [0, 0.1) is 52.3 Å². The van der Waals surface area contributed by atoms with E-state index in [0.717, 1.165) is 54.8 Å². The molecule has 9 atom stereocenters. The van der Waals surface area contributed by atoms with Gasteiger partial charge in [0, 0.05) is 0 Å². The zero-order valence-corrected chi connectivity index (χ0v) is 22.0. The van der Waals surface area contributed by atoms with E-state index in [9.17, 15) is 8.42 Å². The van der Waals surface area contributed by atoms with Crippen molar-refractivity contribution in [1.82, 2.24) is 0 Å². The first-order chi connectivity index (χ1) is 14.9. The molecule has 0 heterocycles. The van der Waals surface area contributed by atoms with Crippen molar-refractivity contribution in [1.29, 1.82) is 0 Å². The molecule has 4 nitrogen and oxygen atoms in total. The van der Waals surface area contributed by atoms with Crippen LogP contribution in [-0.2, 0) is 14.6 Å². The van der Waals surface area contributed by atoms with Gasteiger partial charge in [-0.2, -0.15) is 8.42 Å². The Hall–Kier alpha value is -0.130. The van der Waals surface area contributed by atoms with E-state index in [0.29, 0.717) is 16.7 Å². The third-order valence-corrected chi connectivity index (χ3v) is 11.6. The van der Waals surface area contributed by atoms with E-state index < -0.39 is 10.4 Å². The Morgan fingerprint density at radius 2 is 1.59 bits per heavy atom. The lowest BCUT2D eigenvalue weighted by molar-refractivity contribution is -0.127. The van der Waals surface area contributed by atoms with Gasteiger partial charge in [0.15, 0.2) is 0 Å². The summed E-state index contributed by atoms with van der Waals surface area (Å²) in [5, 5.41) is 0. The van der Waals surface area contributed by atoms with Gasteiger partial charge in [-0.05, 0) is 110 Å². The third-order valence-electron chi connectivity index (χ3n) is 11.1. The zero-order chi connectivity index (χ0) is 23.3.